The Bertz CT molecular complexity index is 1270. The molecule has 0 aliphatic heterocycles. The third kappa shape index (κ3) is 4.72. The number of hydrogen-bond acceptors (Lipinski definition) is 4. The molecule has 7 nitrogen and oxygen atoms in total. The average Bonchev–Trinajstić information content (AvgIpc) is 3.11. The summed E-state index contributed by atoms with van der Waals surface area (Å²) in [5.41, 5.74) is 4.15. The molecule has 0 spiro atoms. The standard InChI is InChI=1S/C24H22N4O3/c1-16-9-10-22(14-25-16)31-15-18-5-3-6-19(11-18)23(29)27-20-7-4-8-21(12-20)28-17(2)13-26-24(28)30/h3-14H,15H2,1-2H3,(H,26,30)(H,27,29). The molecule has 2 heterocycles. The zero-order valence-electron chi connectivity index (χ0n) is 17.3. The highest BCUT2D eigenvalue weighted by atomic mass is 16.5. The molecule has 0 radical (unpaired) electrons. The first kappa shape index (κ1) is 20.2. The number of nitrogens with zero attached hydrogens (tertiary/aromatic N) is 2. The van der Waals surface area contributed by atoms with E-state index in [4.69, 9.17) is 4.74 Å². The topological polar surface area (TPSA) is 89.0 Å². The molecule has 0 aliphatic rings. The number of aryl methyl sites for hydroxylation is 2. The zero-order chi connectivity index (χ0) is 21.8. The first-order chi connectivity index (χ1) is 15.0. The maximum Gasteiger partial charge on any atom is 0.330 e. The van der Waals surface area contributed by atoms with Crippen LogP contribution in [0.25, 0.3) is 5.69 Å². The van der Waals surface area contributed by atoms with Gasteiger partial charge in [-0.05, 0) is 61.9 Å². The van der Waals surface area contributed by atoms with Crippen LogP contribution in [0.3, 0.4) is 0 Å². The maximum absolute atomic E-state index is 12.8. The third-order valence-electron chi connectivity index (χ3n) is 4.80. The third-order valence-corrected chi connectivity index (χ3v) is 4.80. The number of carbonyl (C=O) groups is 1. The average molecular weight is 414 g/mol. The second kappa shape index (κ2) is 8.71. The Morgan fingerprint density at radius 1 is 1.10 bits per heavy atom. The molecule has 0 atom stereocenters. The second-order valence-electron chi connectivity index (χ2n) is 7.20. The molecule has 0 aliphatic carbocycles. The van der Waals surface area contributed by atoms with Gasteiger partial charge < -0.3 is 15.0 Å². The molecule has 0 unspecified atom stereocenters. The van der Waals surface area contributed by atoms with Gasteiger partial charge in [0.05, 0.1) is 11.9 Å². The number of ether oxygens (including phenoxy) is 1. The van der Waals surface area contributed by atoms with Crippen molar-refractivity contribution < 1.29 is 9.53 Å². The number of carbonyl (C=O) groups excluding carboxylic acids is 1. The number of imidazole rings is 1. The first-order valence-electron chi connectivity index (χ1n) is 9.83. The van der Waals surface area contributed by atoms with Gasteiger partial charge in [0.2, 0.25) is 0 Å². The van der Waals surface area contributed by atoms with Crippen LogP contribution in [0.5, 0.6) is 5.75 Å². The van der Waals surface area contributed by atoms with Crippen molar-refractivity contribution >= 4 is 11.6 Å². The number of anilines is 1. The molecule has 0 saturated carbocycles. The van der Waals surface area contributed by atoms with Gasteiger partial charge in [0.25, 0.3) is 5.91 Å². The fourth-order valence-electron chi connectivity index (χ4n) is 3.21. The van der Waals surface area contributed by atoms with Gasteiger partial charge in [-0.15, -0.1) is 0 Å². The largest absolute Gasteiger partial charge is 0.487 e. The molecular weight excluding hydrogens is 392 g/mol. The van der Waals surface area contributed by atoms with Crippen LogP contribution >= 0.6 is 0 Å². The zero-order valence-corrected chi connectivity index (χ0v) is 17.3. The number of amides is 1. The van der Waals surface area contributed by atoms with Crippen molar-refractivity contribution in [2.45, 2.75) is 20.5 Å². The van der Waals surface area contributed by atoms with E-state index in [0.717, 1.165) is 17.0 Å². The van der Waals surface area contributed by atoms with Crippen LogP contribution in [0.2, 0.25) is 0 Å². The van der Waals surface area contributed by atoms with E-state index in [1.807, 2.05) is 44.2 Å². The number of rotatable bonds is 6. The molecule has 0 fully saturated rings. The van der Waals surface area contributed by atoms with E-state index < -0.39 is 0 Å². The molecule has 156 valence electrons. The lowest BCUT2D eigenvalue weighted by atomic mass is 10.1. The van der Waals surface area contributed by atoms with Gasteiger partial charge in [0, 0.05) is 28.8 Å². The predicted molar refractivity (Wildman–Crippen MR) is 119 cm³/mol. The van der Waals surface area contributed by atoms with Crippen molar-refractivity contribution in [2.75, 3.05) is 5.32 Å². The van der Waals surface area contributed by atoms with E-state index in [-0.39, 0.29) is 11.6 Å². The molecule has 1 amide bonds. The summed E-state index contributed by atoms with van der Waals surface area (Å²) in [5.74, 6) is 0.432. The predicted octanol–water partition coefficient (Wildman–Crippen LogP) is 4.01. The summed E-state index contributed by atoms with van der Waals surface area (Å²) in [6, 6.07) is 18.2. The maximum atomic E-state index is 12.8. The van der Waals surface area contributed by atoms with Crippen molar-refractivity contribution in [3.05, 3.63) is 106 Å². The van der Waals surface area contributed by atoms with Gasteiger partial charge in [0.1, 0.15) is 12.4 Å². The summed E-state index contributed by atoms with van der Waals surface area (Å²) >= 11 is 0. The number of pyridine rings is 1. The Morgan fingerprint density at radius 3 is 2.68 bits per heavy atom. The molecular formula is C24H22N4O3. The van der Waals surface area contributed by atoms with E-state index in [9.17, 15) is 9.59 Å². The normalized spacial score (nSPS) is 10.6. The lowest BCUT2D eigenvalue weighted by Crippen LogP contribution is -2.17. The minimum atomic E-state index is -0.242. The summed E-state index contributed by atoms with van der Waals surface area (Å²) in [7, 11) is 0. The number of nitrogens with one attached hydrogen (secondary N) is 2. The van der Waals surface area contributed by atoms with Crippen LogP contribution in [0, 0.1) is 13.8 Å². The van der Waals surface area contributed by atoms with Crippen molar-refractivity contribution in [3.8, 4) is 11.4 Å². The van der Waals surface area contributed by atoms with Crippen LogP contribution < -0.4 is 15.7 Å². The minimum absolute atomic E-state index is 0.225. The van der Waals surface area contributed by atoms with Gasteiger partial charge >= 0.3 is 5.69 Å². The summed E-state index contributed by atoms with van der Waals surface area (Å²) in [5, 5.41) is 2.89. The highest BCUT2D eigenvalue weighted by Crippen LogP contribution is 2.17. The van der Waals surface area contributed by atoms with Crippen molar-refractivity contribution in [1.82, 2.24) is 14.5 Å². The van der Waals surface area contributed by atoms with E-state index in [1.54, 1.807) is 47.3 Å². The lowest BCUT2D eigenvalue weighted by molar-refractivity contribution is 0.102. The molecule has 31 heavy (non-hydrogen) atoms. The van der Waals surface area contributed by atoms with Gasteiger partial charge in [-0.2, -0.15) is 0 Å². The summed E-state index contributed by atoms with van der Waals surface area (Å²) < 4.78 is 7.30. The number of aromatic nitrogens is 3. The molecule has 2 aromatic heterocycles. The minimum Gasteiger partial charge on any atom is -0.487 e. The van der Waals surface area contributed by atoms with Gasteiger partial charge in [-0.25, -0.2) is 4.79 Å². The van der Waals surface area contributed by atoms with Crippen molar-refractivity contribution in [3.63, 3.8) is 0 Å². The first-order valence-corrected chi connectivity index (χ1v) is 9.83. The van der Waals surface area contributed by atoms with Crippen LogP contribution in [0.15, 0.2) is 77.9 Å². The molecule has 0 bridgehead atoms. The quantitative estimate of drug-likeness (QED) is 0.499. The highest BCUT2D eigenvalue weighted by Gasteiger charge is 2.10. The Hall–Kier alpha value is -4.13. The lowest BCUT2D eigenvalue weighted by Gasteiger charge is -2.10. The van der Waals surface area contributed by atoms with Gasteiger partial charge in [0.15, 0.2) is 0 Å². The summed E-state index contributed by atoms with van der Waals surface area (Å²) in [4.78, 5) is 31.7. The molecule has 7 heteroatoms. The van der Waals surface area contributed by atoms with E-state index >= 15 is 0 Å². The van der Waals surface area contributed by atoms with Crippen molar-refractivity contribution in [2.24, 2.45) is 0 Å². The van der Waals surface area contributed by atoms with Crippen molar-refractivity contribution in [1.29, 1.82) is 0 Å². The number of aromatic amines is 1. The molecule has 4 aromatic rings. The van der Waals surface area contributed by atoms with E-state index in [2.05, 4.69) is 15.3 Å². The van der Waals surface area contributed by atoms with Crippen LogP contribution in [-0.4, -0.2) is 20.4 Å². The fourth-order valence-corrected chi connectivity index (χ4v) is 3.21. The highest BCUT2D eigenvalue weighted by molar-refractivity contribution is 6.04. The Kier molecular flexibility index (Phi) is 5.66. The summed E-state index contributed by atoms with van der Waals surface area (Å²) in [6.45, 7) is 4.08. The number of benzene rings is 2. The smallest absolute Gasteiger partial charge is 0.330 e. The monoisotopic (exact) mass is 414 g/mol. The Morgan fingerprint density at radius 2 is 1.94 bits per heavy atom. The van der Waals surface area contributed by atoms with E-state index in [1.165, 1.54) is 0 Å². The number of H-pyrrole nitrogens is 1. The Balaban J connectivity index is 1.46. The van der Waals surface area contributed by atoms with Gasteiger partial charge in [-0.1, -0.05) is 18.2 Å². The molecule has 2 aromatic carbocycles. The van der Waals surface area contributed by atoms with Crippen LogP contribution in [-0.2, 0) is 6.61 Å². The van der Waals surface area contributed by atoms with E-state index in [0.29, 0.717) is 29.3 Å². The van der Waals surface area contributed by atoms with Crippen LogP contribution in [0.4, 0.5) is 5.69 Å². The number of hydrogen-bond donors (Lipinski definition) is 2. The molecule has 2 N–H and O–H groups in total. The van der Waals surface area contributed by atoms with Gasteiger partial charge in [-0.3, -0.25) is 14.3 Å². The summed E-state index contributed by atoms with van der Waals surface area (Å²) in [6.07, 6.45) is 3.32. The second-order valence-corrected chi connectivity index (χ2v) is 7.20. The molecule has 4 rings (SSSR count). The SMILES string of the molecule is Cc1ccc(OCc2cccc(C(=O)Nc3cccc(-n4c(C)c[nH]c4=O)c3)c2)cn1. The van der Waals surface area contributed by atoms with Crippen LogP contribution in [0.1, 0.15) is 27.3 Å². The Labute approximate surface area is 179 Å². The molecule has 0 saturated heterocycles. The fraction of sp³-hybridized carbons (Fsp3) is 0.125.